The molecular formula is C17H28N2O2. The highest BCUT2D eigenvalue weighted by Crippen LogP contribution is 2.22. The normalized spacial score (nSPS) is 25.1. The summed E-state index contributed by atoms with van der Waals surface area (Å²) in [5.41, 5.74) is 0. The molecule has 3 aliphatic rings. The number of hydrogen-bond donors (Lipinski definition) is 0. The minimum absolute atomic E-state index is 0.226. The van der Waals surface area contributed by atoms with Gasteiger partial charge in [0, 0.05) is 32.2 Å². The lowest BCUT2D eigenvalue weighted by molar-refractivity contribution is 0.112. The SMILES string of the molecule is C=C/C=C\C(=C/C)OC(=O)N1CCN2CCC1CC2.CC. The third-order valence-electron chi connectivity index (χ3n) is 3.78. The lowest BCUT2D eigenvalue weighted by Gasteiger charge is -2.30. The van der Waals surface area contributed by atoms with Crippen LogP contribution in [0.1, 0.15) is 33.6 Å². The molecule has 2 bridgehead atoms. The number of rotatable bonds is 3. The van der Waals surface area contributed by atoms with Crippen LogP contribution in [0.15, 0.2) is 36.6 Å². The van der Waals surface area contributed by atoms with Crippen molar-refractivity contribution in [1.82, 2.24) is 9.80 Å². The second kappa shape index (κ2) is 9.40. The maximum absolute atomic E-state index is 12.3. The predicted molar refractivity (Wildman–Crippen MR) is 87.1 cm³/mol. The van der Waals surface area contributed by atoms with Crippen LogP contribution in [0.4, 0.5) is 4.79 Å². The highest BCUT2D eigenvalue weighted by molar-refractivity contribution is 5.70. The number of carbonyl (C=O) groups is 1. The second-order valence-electron chi connectivity index (χ2n) is 4.92. The molecule has 0 N–H and O–H groups in total. The van der Waals surface area contributed by atoms with E-state index in [9.17, 15) is 4.79 Å². The lowest BCUT2D eigenvalue weighted by atomic mass is 10.1. The Hall–Kier alpha value is -1.55. The van der Waals surface area contributed by atoms with Crippen LogP contribution in [0.5, 0.6) is 0 Å². The van der Waals surface area contributed by atoms with Gasteiger partial charge in [0.25, 0.3) is 0 Å². The van der Waals surface area contributed by atoms with Crippen LogP contribution in [0.2, 0.25) is 0 Å². The van der Waals surface area contributed by atoms with Gasteiger partial charge in [-0.05, 0) is 31.9 Å². The van der Waals surface area contributed by atoms with Crippen molar-refractivity contribution in [2.75, 3.05) is 26.2 Å². The van der Waals surface area contributed by atoms with Crippen molar-refractivity contribution in [3.05, 3.63) is 36.6 Å². The summed E-state index contributed by atoms with van der Waals surface area (Å²) in [6, 6.07) is 0.341. The van der Waals surface area contributed by atoms with Gasteiger partial charge in [0.1, 0.15) is 5.76 Å². The van der Waals surface area contributed by atoms with Crippen molar-refractivity contribution in [2.24, 2.45) is 0 Å². The molecule has 0 aliphatic carbocycles. The number of amides is 1. The van der Waals surface area contributed by atoms with E-state index < -0.39 is 0 Å². The Balaban J connectivity index is 0.00000106. The Labute approximate surface area is 128 Å². The average Bonchev–Trinajstić information content (AvgIpc) is 2.87. The molecule has 0 radical (unpaired) electrons. The molecule has 4 heteroatoms. The quantitative estimate of drug-likeness (QED) is 0.589. The third-order valence-corrected chi connectivity index (χ3v) is 3.78. The van der Waals surface area contributed by atoms with Gasteiger partial charge in [-0.3, -0.25) is 0 Å². The summed E-state index contributed by atoms with van der Waals surface area (Å²) in [5, 5.41) is 0. The second-order valence-corrected chi connectivity index (χ2v) is 4.92. The van der Waals surface area contributed by atoms with E-state index in [0.29, 0.717) is 11.8 Å². The molecule has 0 saturated carbocycles. The Morgan fingerprint density at radius 2 is 1.86 bits per heavy atom. The Morgan fingerprint density at radius 3 is 2.43 bits per heavy atom. The first-order valence-electron chi connectivity index (χ1n) is 7.91. The van der Waals surface area contributed by atoms with E-state index in [1.807, 2.05) is 25.7 Å². The van der Waals surface area contributed by atoms with Crippen molar-refractivity contribution >= 4 is 6.09 Å². The molecule has 3 fully saturated rings. The van der Waals surface area contributed by atoms with Gasteiger partial charge in [0.2, 0.25) is 0 Å². The summed E-state index contributed by atoms with van der Waals surface area (Å²) < 4.78 is 5.44. The molecular weight excluding hydrogens is 264 g/mol. The highest BCUT2D eigenvalue weighted by Gasteiger charge is 2.32. The van der Waals surface area contributed by atoms with E-state index in [1.165, 1.54) is 0 Å². The summed E-state index contributed by atoms with van der Waals surface area (Å²) in [5.74, 6) is 0.573. The zero-order valence-electron chi connectivity index (χ0n) is 13.5. The van der Waals surface area contributed by atoms with Gasteiger partial charge in [-0.2, -0.15) is 0 Å². The molecule has 118 valence electrons. The summed E-state index contributed by atoms with van der Waals surface area (Å²) >= 11 is 0. The van der Waals surface area contributed by atoms with Gasteiger partial charge in [-0.15, -0.1) is 0 Å². The van der Waals surface area contributed by atoms with Gasteiger partial charge in [-0.1, -0.05) is 32.6 Å². The van der Waals surface area contributed by atoms with Crippen LogP contribution in [0, 0.1) is 0 Å². The van der Waals surface area contributed by atoms with Crippen LogP contribution >= 0.6 is 0 Å². The smallest absolute Gasteiger partial charge is 0.411 e. The molecule has 0 aromatic heterocycles. The Kier molecular flexibility index (Phi) is 7.83. The van der Waals surface area contributed by atoms with E-state index in [-0.39, 0.29) is 6.09 Å². The zero-order valence-corrected chi connectivity index (χ0v) is 13.5. The summed E-state index contributed by atoms with van der Waals surface area (Å²) in [4.78, 5) is 16.6. The topological polar surface area (TPSA) is 32.8 Å². The van der Waals surface area contributed by atoms with Gasteiger partial charge < -0.3 is 14.5 Å². The zero-order chi connectivity index (χ0) is 15.7. The molecule has 3 heterocycles. The molecule has 1 amide bonds. The molecule has 0 spiro atoms. The van der Waals surface area contributed by atoms with Crippen LogP contribution in [0.25, 0.3) is 0 Å². The fourth-order valence-corrected chi connectivity index (χ4v) is 2.64. The molecule has 3 rings (SSSR count). The minimum atomic E-state index is -0.226. The Bertz CT molecular complexity index is 394. The van der Waals surface area contributed by atoms with Crippen molar-refractivity contribution in [3.63, 3.8) is 0 Å². The number of carbonyl (C=O) groups excluding carboxylic acids is 1. The first-order chi connectivity index (χ1) is 10.2. The van der Waals surface area contributed by atoms with E-state index >= 15 is 0 Å². The van der Waals surface area contributed by atoms with Gasteiger partial charge in [-0.25, -0.2) is 4.79 Å². The number of fused-ring (bicyclic) bond motifs is 4. The number of ether oxygens (including phenoxy) is 1. The van der Waals surface area contributed by atoms with E-state index in [4.69, 9.17) is 4.74 Å². The molecule has 0 aromatic rings. The third kappa shape index (κ3) is 5.05. The molecule has 3 aliphatic heterocycles. The van der Waals surface area contributed by atoms with E-state index in [2.05, 4.69) is 11.5 Å². The maximum Gasteiger partial charge on any atom is 0.415 e. The molecule has 0 unspecified atom stereocenters. The maximum atomic E-state index is 12.3. The number of piperidine rings is 1. The van der Waals surface area contributed by atoms with Crippen LogP contribution < -0.4 is 0 Å². The van der Waals surface area contributed by atoms with E-state index in [0.717, 1.165) is 39.0 Å². The minimum Gasteiger partial charge on any atom is -0.411 e. The monoisotopic (exact) mass is 292 g/mol. The fourth-order valence-electron chi connectivity index (χ4n) is 2.64. The standard InChI is InChI=1S/C15H22N2O2.C2H6/c1-3-5-6-14(4-2)19-15(18)17-12-11-16-9-7-13(17)8-10-16;1-2/h3-6,13H,1,7-12H2,2H3;1-2H3/b6-5-,14-4+;. The molecule has 0 atom stereocenters. The molecule has 4 nitrogen and oxygen atoms in total. The average molecular weight is 292 g/mol. The molecule has 21 heavy (non-hydrogen) atoms. The number of allylic oxidation sites excluding steroid dienone is 4. The molecule has 0 aromatic carbocycles. The molecule has 3 saturated heterocycles. The first-order valence-corrected chi connectivity index (χ1v) is 7.91. The highest BCUT2D eigenvalue weighted by atomic mass is 16.6. The largest absolute Gasteiger partial charge is 0.415 e. The lowest BCUT2D eigenvalue weighted by Crippen LogP contribution is -2.41. The first kappa shape index (κ1) is 17.5. The van der Waals surface area contributed by atoms with Crippen molar-refractivity contribution in [3.8, 4) is 0 Å². The van der Waals surface area contributed by atoms with Crippen LogP contribution in [-0.2, 0) is 4.74 Å². The van der Waals surface area contributed by atoms with Crippen LogP contribution in [0.3, 0.4) is 0 Å². The fraction of sp³-hybridized carbons (Fsp3) is 0.588. The number of hydrogen-bond acceptors (Lipinski definition) is 3. The predicted octanol–water partition coefficient (Wildman–Crippen LogP) is 3.58. The summed E-state index contributed by atoms with van der Waals surface area (Å²) in [7, 11) is 0. The van der Waals surface area contributed by atoms with Gasteiger partial charge >= 0.3 is 6.09 Å². The van der Waals surface area contributed by atoms with E-state index in [1.54, 1.807) is 24.3 Å². The van der Waals surface area contributed by atoms with Crippen molar-refractivity contribution in [2.45, 2.75) is 39.7 Å². The number of nitrogens with zero attached hydrogens (tertiary/aromatic N) is 2. The summed E-state index contributed by atoms with van der Waals surface area (Å²) in [6.07, 6.45) is 8.86. The summed E-state index contributed by atoms with van der Waals surface area (Å²) in [6.45, 7) is 13.4. The van der Waals surface area contributed by atoms with Gasteiger partial charge in [0.05, 0.1) is 0 Å². The Morgan fingerprint density at radius 1 is 1.19 bits per heavy atom. The van der Waals surface area contributed by atoms with Crippen molar-refractivity contribution < 1.29 is 9.53 Å². The van der Waals surface area contributed by atoms with Gasteiger partial charge in [0.15, 0.2) is 0 Å². The van der Waals surface area contributed by atoms with Crippen molar-refractivity contribution in [1.29, 1.82) is 0 Å². The van der Waals surface area contributed by atoms with Crippen LogP contribution in [-0.4, -0.2) is 48.1 Å².